The third kappa shape index (κ3) is 7.99. The van der Waals surface area contributed by atoms with Gasteiger partial charge in [0.2, 0.25) is 0 Å². The van der Waals surface area contributed by atoms with E-state index in [0.29, 0.717) is 0 Å². The van der Waals surface area contributed by atoms with Gasteiger partial charge in [0.05, 0.1) is 0 Å². The first-order valence-electron chi connectivity index (χ1n) is 4.30. The first-order valence-corrected chi connectivity index (χ1v) is 5.45. The summed E-state index contributed by atoms with van der Waals surface area (Å²) < 4.78 is 0. The van der Waals surface area contributed by atoms with Crippen LogP contribution in [0.1, 0.15) is 33.1 Å². The van der Waals surface area contributed by atoms with E-state index in [1.807, 2.05) is 11.8 Å². The molecule has 0 aromatic heterocycles. The number of thioether (sulfide) groups is 1. The minimum atomic E-state index is 1.06. The van der Waals surface area contributed by atoms with Gasteiger partial charge in [0.25, 0.3) is 0 Å². The van der Waals surface area contributed by atoms with E-state index in [1.54, 1.807) is 0 Å². The summed E-state index contributed by atoms with van der Waals surface area (Å²) >= 11 is 2.02. The van der Waals surface area contributed by atoms with Crippen LogP contribution < -0.4 is 0 Å². The predicted octanol–water partition coefficient (Wildman–Crippen LogP) is 3.69. The van der Waals surface area contributed by atoms with Crippen molar-refractivity contribution in [3.63, 3.8) is 0 Å². The molecule has 0 aromatic rings. The molecule has 11 heavy (non-hydrogen) atoms. The number of rotatable bonds is 6. The topological polar surface area (TPSA) is 0 Å². The van der Waals surface area contributed by atoms with Crippen LogP contribution in [0.5, 0.6) is 0 Å². The lowest BCUT2D eigenvalue weighted by atomic mass is 10.2. The maximum atomic E-state index is 3.80. The number of allylic oxidation sites excluding steroid dienone is 2. The maximum absolute atomic E-state index is 3.80. The summed E-state index contributed by atoms with van der Waals surface area (Å²) in [4.78, 5) is 0. The van der Waals surface area contributed by atoms with E-state index in [1.165, 1.54) is 29.9 Å². The van der Waals surface area contributed by atoms with Gasteiger partial charge in [0.15, 0.2) is 0 Å². The molecule has 0 saturated heterocycles. The van der Waals surface area contributed by atoms with Crippen LogP contribution >= 0.6 is 11.8 Å². The molecule has 1 radical (unpaired) electrons. The van der Waals surface area contributed by atoms with Crippen LogP contribution in [0, 0.1) is 6.92 Å². The smallest absolute Gasteiger partial charge is 0.00645 e. The molecule has 0 bridgehead atoms. The Labute approximate surface area is 75.5 Å². The normalized spacial score (nSPS) is 12.1. The molecule has 0 aliphatic heterocycles. The molecule has 0 spiro atoms. The fourth-order valence-corrected chi connectivity index (χ4v) is 1.56. The average Bonchev–Trinajstić information content (AvgIpc) is 2.04. The molecule has 0 heterocycles. The minimum absolute atomic E-state index is 1.06. The van der Waals surface area contributed by atoms with Crippen molar-refractivity contribution in [3.8, 4) is 0 Å². The van der Waals surface area contributed by atoms with Gasteiger partial charge in [-0.25, -0.2) is 0 Å². The summed E-state index contributed by atoms with van der Waals surface area (Å²) in [6.45, 7) is 8.11. The van der Waals surface area contributed by atoms with Crippen molar-refractivity contribution >= 4 is 11.8 Å². The second kappa shape index (κ2) is 8.19. The summed E-state index contributed by atoms with van der Waals surface area (Å²) in [6, 6.07) is 0. The molecule has 0 nitrogen and oxygen atoms in total. The minimum Gasteiger partial charge on any atom is -0.162 e. The van der Waals surface area contributed by atoms with E-state index < -0.39 is 0 Å². The van der Waals surface area contributed by atoms with Crippen molar-refractivity contribution < 1.29 is 0 Å². The molecule has 0 aliphatic carbocycles. The lowest BCUT2D eigenvalue weighted by Crippen LogP contribution is -1.83. The Balaban J connectivity index is 3.02. The highest BCUT2D eigenvalue weighted by molar-refractivity contribution is 7.99. The van der Waals surface area contributed by atoms with Crippen molar-refractivity contribution in [2.45, 2.75) is 33.1 Å². The van der Waals surface area contributed by atoms with Crippen molar-refractivity contribution in [1.29, 1.82) is 0 Å². The van der Waals surface area contributed by atoms with Crippen molar-refractivity contribution in [3.05, 3.63) is 18.6 Å². The largest absolute Gasteiger partial charge is 0.162 e. The summed E-state index contributed by atoms with van der Waals surface area (Å²) in [7, 11) is 0. The Kier molecular flexibility index (Phi) is 8.26. The third-order valence-electron chi connectivity index (χ3n) is 1.64. The average molecular weight is 171 g/mol. The van der Waals surface area contributed by atoms with E-state index in [-0.39, 0.29) is 0 Å². The summed E-state index contributed by atoms with van der Waals surface area (Å²) in [5, 5.41) is 0. The standard InChI is InChI=1S/C10H19S/c1-4-8-11-9-6-7-10(3)5-2/h5H,1,4,6-9H2,2-3H3. The van der Waals surface area contributed by atoms with E-state index in [4.69, 9.17) is 0 Å². The van der Waals surface area contributed by atoms with E-state index in [2.05, 4.69) is 26.8 Å². The van der Waals surface area contributed by atoms with Gasteiger partial charge in [-0.1, -0.05) is 18.6 Å². The van der Waals surface area contributed by atoms with Crippen LogP contribution in [0.3, 0.4) is 0 Å². The molecule has 0 fully saturated rings. The van der Waals surface area contributed by atoms with Crippen molar-refractivity contribution in [2.75, 3.05) is 11.5 Å². The molecule has 1 heteroatoms. The molecule has 0 unspecified atom stereocenters. The zero-order valence-corrected chi connectivity index (χ0v) is 8.54. The first kappa shape index (κ1) is 11.1. The van der Waals surface area contributed by atoms with Crippen molar-refractivity contribution in [1.82, 2.24) is 0 Å². The molecule has 0 saturated carbocycles. The first-order chi connectivity index (χ1) is 5.31. The molecule has 0 amide bonds. The van der Waals surface area contributed by atoms with E-state index in [9.17, 15) is 0 Å². The second-order valence-corrected chi connectivity index (χ2v) is 3.93. The van der Waals surface area contributed by atoms with E-state index in [0.717, 1.165) is 6.42 Å². The van der Waals surface area contributed by atoms with E-state index >= 15 is 0 Å². The summed E-state index contributed by atoms with van der Waals surface area (Å²) in [5.41, 5.74) is 1.51. The molecule has 0 N–H and O–H groups in total. The number of hydrogen-bond acceptors (Lipinski definition) is 1. The Morgan fingerprint density at radius 1 is 1.45 bits per heavy atom. The monoisotopic (exact) mass is 171 g/mol. The van der Waals surface area contributed by atoms with Gasteiger partial charge in [-0.3, -0.25) is 0 Å². The Hall–Kier alpha value is 0.0900. The van der Waals surface area contributed by atoms with Crippen LogP contribution in [-0.2, 0) is 0 Å². The van der Waals surface area contributed by atoms with Gasteiger partial charge in [-0.15, -0.1) is 0 Å². The SMILES string of the molecule is [CH2]CCSCCCC(C)=CC. The van der Waals surface area contributed by atoms with Gasteiger partial charge in [-0.2, -0.15) is 11.8 Å². The molecule has 0 rings (SSSR count). The maximum Gasteiger partial charge on any atom is -0.00645 e. The summed E-state index contributed by atoms with van der Waals surface area (Å²) in [5.74, 6) is 2.51. The molecular weight excluding hydrogens is 152 g/mol. The van der Waals surface area contributed by atoms with Crippen LogP contribution in [0.25, 0.3) is 0 Å². The lowest BCUT2D eigenvalue weighted by Gasteiger charge is -1.99. The van der Waals surface area contributed by atoms with Crippen molar-refractivity contribution in [2.24, 2.45) is 0 Å². The summed E-state index contributed by atoms with van der Waals surface area (Å²) in [6.07, 6.45) is 5.85. The fraction of sp³-hybridized carbons (Fsp3) is 0.700. The molecule has 0 aliphatic rings. The molecule has 0 aromatic carbocycles. The van der Waals surface area contributed by atoms with Crippen LogP contribution in [-0.4, -0.2) is 11.5 Å². The van der Waals surface area contributed by atoms with Gasteiger partial charge >= 0.3 is 0 Å². The second-order valence-electron chi connectivity index (χ2n) is 2.70. The molecular formula is C10H19S. The highest BCUT2D eigenvalue weighted by atomic mass is 32.2. The predicted molar refractivity (Wildman–Crippen MR) is 56.0 cm³/mol. The quantitative estimate of drug-likeness (QED) is 0.434. The highest BCUT2D eigenvalue weighted by Crippen LogP contribution is 2.09. The van der Waals surface area contributed by atoms with Gasteiger partial charge < -0.3 is 0 Å². The Morgan fingerprint density at radius 3 is 2.73 bits per heavy atom. The Morgan fingerprint density at radius 2 is 2.18 bits per heavy atom. The van der Waals surface area contributed by atoms with Crippen LogP contribution in [0.4, 0.5) is 0 Å². The molecule has 0 atom stereocenters. The Bertz CT molecular complexity index is 105. The fourth-order valence-electron chi connectivity index (χ4n) is 0.802. The van der Waals surface area contributed by atoms with Gasteiger partial charge in [-0.05, 0) is 44.6 Å². The van der Waals surface area contributed by atoms with Gasteiger partial charge in [0.1, 0.15) is 0 Å². The lowest BCUT2D eigenvalue weighted by molar-refractivity contribution is 0.913. The van der Waals surface area contributed by atoms with Crippen LogP contribution in [0.2, 0.25) is 0 Å². The molecule has 65 valence electrons. The zero-order valence-electron chi connectivity index (χ0n) is 7.73. The van der Waals surface area contributed by atoms with Gasteiger partial charge in [0, 0.05) is 0 Å². The zero-order chi connectivity index (χ0) is 8.53. The third-order valence-corrected chi connectivity index (χ3v) is 2.80. The van der Waals surface area contributed by atoms with Crippen LogP contribution in [0.15, 0.2) is 11.6 Å². The number of hydrogen-bond donors (Lipinski definition) is 0. The highest BCUT2D eigenvalue weighted by Gasteiger charge is 1.89.